The molecule has 2 heteroatoms. The molecule has 0 aliphatic carbocycles. The first-order valence-corrected chi connectivity index (χ1v) is 5.05. The molecule has 0 bridgehead atoms. The molecule has 0 aromatic carbocycles. The van der Waals surface area contributed by atoms with Gasteiger partial charge in [0.25, 0.3) is 0 Å². The molecule has 0 amide bonds. The fourth-order valence-electron chi connectivity index (χ4n) is 0.201. The smallest absolute Gasteiger partial charge is 0.0331 e. The van der Waals surface area contributed by atoms with Crippen molar-refractivity contribution in [2.24, 2.45) is 0 Å². The van der Waals surface area contributed by atoms with Crippen molar-refractivity contribution >= 4 is 28.1 Å². The lowest BCUT2D eigenvalue weighted by Gasteiger charge is -1.90. The van der Waals surface area contributed by atoms with Gasteiger partial charge in [-0.1, -0.05) is 5.87 Å². The highest BCUT2D eigenvalue weighted by molar-refractivity contribution is 8.23. The van der Waals surface area contributed by atoms with E-state index in [0.29, 0.717) is 10.5 Å². The molecular weight excluding hydrogens is 112 g/mol. The number of hydrogen-bond donors (Lipinski definition) is 0. The van der Waals surface area contributed by atoms with Crippen LogP contribution in [-0.2, 0) is 0 Å². The molecule has 0 aromatic heterocycles. The monoisotopic (exact) mass is 122 g/mol. The van der Waals surface area contributed by atoms with Crippen LogP contribution in [0, 0.1) is 0 Å². The molecule has 0 N–H and O–H groups in total. The minimum Gasteiger partial charge on any atom is -0.186 e. The van der Waals surface area contributed by atoms with Crippen molar-refractivity contribution in [2.45, 2.75) is 0 Å². The van der Waals surface area contributed by atoms with Gasteiger partial charge in [0.2, 0.25) is 0 Å². The van der Waals surface area contributed by atoms with Gasteiger partial charge in [-0.15, -0.1) is 0 Å². The van der Waals surface area contributed by atoms with Gasteiger partial charge < -0.3 is 0 Å². The molecule has 0 spiro atoms. The Morgan fingerprint density at radius 2 is 2.33 bits per heavy atom. The van der Waals surface area contributed by atoms with E-state index in [2.05, 4.69) is 18.4 Å². The molecule has 0 aliphatic rings. The van der Waals surface area contributed by atoms with Crippen LogP contribution in [-0.4, -0.2) is 23.5 Å². The standard InChI is InChI=1S/C4H10S2/c1-5-4-6(2)3/h2,4H2,1,3H3. The molecule has 0 saturated carbocycles. The van der Waals surface area contributed by atoms with E-state index < -0.39 is 0 Å². The molecular formula is C4H10S2. The largest absolute Gasteiger partial charge is 0.186 e. The van der Waals surface area contributed by atoms with Crippen LogP contribution >= 0.6 is 22.2 Å². The summed E-state index contributed by atoms with van der Waals surface area (Å²) in [7, 11) is 0.397. The number of thioether (sulfide) groups is 1. The average Bonchev–Trinajstić information content (AvgIpc) is 1.35. The van der Waals surface area contributed by atoms with Gasteiger partial charge in [-0.25, -0.2) is 0 Å². The van der Waals surface area contributed by atoms with Crippen molar-refractivity contribution in [3.05, 3.63) is 0 Å². The van der Waals surface area contributed by atoms with Gasteiger partial charge in [-0.2, -0.15) is 22.2 Å². The zero-order valence-electron chi connectivity index (χ0n) is 4.23. The lowest BCUT2D eigenvalue weighted by atomic mass is 11.9. The van der Waals surface area contributed by atoms with Crippen LogP contribution in [0.3, 0.4) is 0 Å². The Hall–Kier alpha value is 0.570. The van der Waals surface area contributed by atoms with E-state index in [4.69, 9.17) is 0 Å². The van der Waals surface area contributed by atoms with Crippen LogP contribution < -0.4 is 0 Å². The van der Waals surface area contributed by atoms with Crippen molar-refractivity contribution in [2.75, 3.05) is 17.6 Å². The molecule has 0 rings (SSSR count). The maximum atomic E-state index is 3.84. The van der Waals surface area contributed by atoms with Crippen molar-refractivity contribution in [1.82, 2.24) is 0 Å². The lowest BCUT2D eigenvalue weighted by molar-refractivity contribution is 2.19. The van der Waals surface area contributed by atoms with E-state index in [1.165, 1.54) is 5.08 Å². The van der Waals surface area contributed by atoms with Crippen LogP contribution in [0.5, 0.6) is 0 Å². The maximum Gasteiger partial charge on any atom is 0.0331 e. The summed E-state index contributed by atoms with van der Waals surface area (Å²) in [6, 6.07) is 0. The Kier molecular flexibility index (Phi) is 4.11. The first-order chi connectivity index (χ1) is 2.77. The Morgan fingerprint density at radius 3 is 2.33 bits per heavy atom. The predicted octanol–water partition coefficient (Wildman–Crippen LogP) is 1.64. The highest BCUT2D eigenvalue weighted by Gasteiger charge is 1.73. The third-order valence-electron chi connectivity index (χ3n) is 0.319. The fourth-order valence-corrected chi connectivity index (χ4v) is 1.81. The highest BCUT2D eigenvalue weighted by atomic mass is 32.2. The summed E-state index contributed by atoms with van der Waals surface area (Å²) in [5, 5.41) is 1.21. The second-order valence-corrected chi connectivity index (χ2v) is 4.27. The van der Waals surface area contributed by atoms with Crippen molar-refractivity contribution in [3.63, 3.8) is 0 Å². The Morgan fingerprint density at radius 1 is 1.83 bits per heavy atom. The maximum absolute atomic E-state index is 3.84. The summed E-state index contributed by atoms with van der Waals surface area (Å²) in [6.07, 6.45) is 4.26. The van der Waals surface area contributed by atoms with Crippen molar-refractivity contribution < 1.29 is 0 Å². The molecule has 6 heavy (non-hydrogen) atoms. The van der Waals surface area contributed by atoms with E-state index in [-0.39, 0.29) is 0 Å². The molecule has 0 nitrogen and oxygen atoms in total. The normalized spacial score (nSPS) is 14.3. The van der Waals surface area contributed by atoms with Crippen LogP contribution in [0.25, 0.3) is 0 Å². The summed E-state index contributed by atoms with van der Waals surface area (Å²) in [6.45, 7) is 0. The van der Waals surface area contributed by atoms with Crippen LogP contribution in [0.2, 0.25) is 0 Å². The van der Waals surface area contributed by atoms with Gasteiger partial charge >= 0.3 is 0 Å². The molecule has 0 radical (unpaired) electrons. The van der Waals surface area contributed by atoms with E-state index >= 15 is 0 Å². The topological polar surface area (TPSA) is 0 Å². The Bertz CT molecular complexity index is 49.5. The van der Waals surface area contributed by atoms with Gasteiger partial charge in [0.05, 0.1) is 0 Å². The fraction of sp³-hybridized carbons (Fsp3) is 0.750. The summed E-state index contributed by atoms with van der Waals surface area (Å²) < 4.78 is 0. The molecule has 1 atom stereocenters. The molecule has 0 saturated heterocycles. The SMILES string of the molecule is C=S(C)CSC. The second-order valence-electron chi connectivity index (χ2n) is 1.19. The zero-order valence-corrected chi connectivity index (χ0v) is 5.86. The zero-order chi connectivity index (χ0) is 4.99. The third-order valence-corrected chi connectivity index (χ3v) is 2.87. The highest BCUT2D eigenvalue weighted by Crippen LogP contribution is 2.08. The Balaban J connectivity index is 2.83. The van der Waals surface area contributed by atoms with E-state index in [1.807, 2.05) is 11.8 Å². The number of rotatable bonds is 2. The summed E-state index contributed by atoms with van der Waals surface area (Å²) in [4.78, 5) is 0. The quantitative estimate of drug-likeness (QED) is 0.502. The summed E-state index contributed by atoms with van der Waals surface area (Å²) in [5.41, 5.74) is 0. The average molecular weight is 122 g/mol. The Labute approximate surface area is 46.3 Å². The predicted molar refractivity (Wildman–Crippen MR) is 39.0 cm³/mol. The van der Waals surface area contributed by atoms with Gasteiger partial charge in [0.1, 0.15) is 0 Å². The van der Waals surface area contributed by atoms with E-state index in [1.54, 1.807) is 0 Å². The summed E-state index contributed by atoms with van der Waals surface area (Å²) >= 11 is 1.86. The lowest BCUT2D eigenvalue weighted by Crippen LogP contribution is -1.64. The molecule has 0 aromatic rings. The van der Waals surface area contributed by atoms with Crippen LogP contribution in [0.4, 0.5) is 0 Å². The van der Waals surface area contributed by atoms with E-state index in [0.717, 1.165) is 0 Å². The molecule has 38 valence electrons. The minimum atomic E-state index is 0.397. The van der Waals surface area contributed by atoms with Gasteiger partial charge in [-0.3, -0.25) is 0 Å². The molecule has 0 fully saturated rings. The van der Waals surface area contributed by atoms with Crippen LogP contribution in [0.15, 0.2) is 0 Å². The third kappa shape index (κ3) is 4.57. The molecule has 0 aliphatic heterocycles. The van der Waals surface area contributed by atoms with Crippen molar-refractivity contribution in [1.29, 1.82) is 0 Å². The second kappa shape index (κ2) is 3.75. The first-order valence-electron chi connectivity index (χ1n) is 1.68. The van der Waals surface area contributed by atoms with Gasteiger partial charge in [0, 0.05) is 5.08 Å². The van der Waals surface area contributed by atoms with E-state index in [9.17, 15) is 0 Å². The number of hydrogen-bond acceptors (Lipinski definition) is 1. The van der Waals surface area contributed by atoms with Crippen molar-refractivity contribution in [3.8, 4) is 0 Å². The summed E-state index contributed by atoms with van der Waals surface area (Å²) in [5.74, 6) is 3.84. The van der Waals surface area contributed by atoms with Gasteiger partial charge in [0.15, 0.2) is 0 Å². The molecule has 0 heterocycles. The first kappa shape index (κ1) is 6.57. The van der Waals surface area contributed by atoms with Crippen LogP contribution in [0.1, 0.15) is 0 Å². The molecule has 1 unspecified atom stereocenters. The van der Waals surface area contributed by atoms with Gasteiger partial charge in [-0.05, 0) is 12.5 Å². The minimum absolute atomic E-state index is 0.397.